The Kier molecular flexibility index (Phi) is 4.72. The molecular formula is C19H18N4O3S. The van der Waals surface area contributed by atoms with E-state index in [9.17, 15) is 4.79 Å². The van der Waals surface area contributed by atoms with E-state index in [-0.39, 0.29) is 5.89 Å². The summed E-state index contributed by atoms with van der Waals surface area (Å²) < 4.78 is 11.1. The Morgan fingerprint density at radius 1 is 1.26 bits per heavy atom. The highest BCUT2D eigenvalue weighted by atomic mass is 32.1. The molecule has 3 aromatic rings. The van der Waals surface area contributed by atoms with Crippen LogP contribution in [0.25, 0.3) is 10.8 Å². The molecule has 1 aromatic carbocycles. The van der Waals surface area contributed by atoms with Gasteiger partial charge in [0.25, 0.3) is 11.8 Å². The molecule has 0 saturated carbocycles. The summed E-state index contributed by atoms with van der Waals surface area (Å²) in [6.07, 6.45) is 0.322. The lowest BCUT2D eigenvalue weighted by Crippen LogP contribution is -2.13. The zero-order valence-electron chi connectivity index (χ0n) is 15.0. The highest BCUT2D eigenvalue weighted by Crippen LogP contribution is 2.26. The molecule has 1 aliphatic rings. The van der Waals surface area contributed by atoms with Crippen LogP contribution in [0.2, 0.25) is 0 Å². The molecule has 27 heavy (non-hydrogen) atoms. The normalized spacial score (nSPS) is 14.9. The third kappa shape index (κ3) is 3.75. The first-order valence-corrected chi connectivity index (χ1v) is 9.48. The number of nitrogens with zero attached hydrogens (tertiary/aromatic N) is 4. The van der Waals surface area contributed by atoms with E-state index < -0.39 is 12.1 Å². The number of carbonyl (C=O) groups is 1. The van der Waals surface area contributed by atoms with Gasteiger partial charge in [-0.3, -0.25) is 5.01 Å². The van der Waals surface area contributed by atoms with Crippen LogP contribution in [-0.4, -0.2) is 28.4 Å². The molecule has 0 amide bonds. The fraction of sp³-hybridized carbons (Fsp3) is 0.263. The number of anilines is 1. The maximum absolute atomic E-state index is 12.4. The van der Waals surface area contributed by atoms with E-state index in [1.807, 2.05) is 41.6 Å². The van der Waals surface area contributed by atoms with Gasteiger partial charge in [-0.25, -0.2) is 4.79 Å². The molecule has 0 aliphatic carbocycles. The maximum atomic E-state index is 12.4. The fourth-order valence-corrected chi connectivity index (χ4v) is 3.35. The molecule has 1 atom stereocenters. The molecule has 8 heteroatoms. The summed E-state index contributed by atoms with van der Waals surface area (Å²) in [5.41, 5.74) is 2.52. The van der Waals surface area contributed by atoms with E-state index in [0.29, 0.717) is 11.5 Å². The van der Waals surface area contributed by atoms with Gasteiger partial charge in [0.2, 0.25) is 0 Å². The number of esters is 1. The zero-order valence-corrected chi connectivity index (χ0v) is 15.8. The summed E-state index contributed by atoms with van der Waals surface area (Å²) in [5.74, 6) is 0.255. The van der Waals surface area contributed by atoms with Crippen molar-refractivity contribution < 1.29 is 13.9 Å². The Bertz CT molecular complexity index is 963. The number of ether oxygens (including phenoxy) is 1. The highest BCUT2D eigenvalue weighted by Gasteiger charge is 2.21. The number of hydrazone groups is 1. The number of hydrogen-bond donors (Lipinski definition) is 0. The van der Waals surface area contributed by atoms with Crippen molar-refractivity contribution in [2.24, 2.45) is 5.10 Å². The number of benzene rings is 1. The fourth-order valence-electron chi connectivity index (χ4n) is 2.71. The van der Waals surface area contributed by atoms with Crippen molar-refractivity contribution in [3.63, 3.8) is 0 Å². The predicted molar refractivity (Wildman–Crippen MR) is 103 cm³/mol. The molecule has 138 valence electrons. The molecule has 0 saturated heterocycles. The van der Waals surface area contributed by atoms with Crippen LogP contribution in [0.5, 0.6) is 0 Å². The van der Waals surface area contributed by atoms with Gasteiger partial charge in [-0.1, -0.05) is 6.07 Å². The van der Waals surface area contributed by atoms with Gasteiger partial charge < -0.3 is 9.15 Å². The van der Waals surface area contributed by atoms with E-state index in [2.05, 4.69) is 15.3 Å². The van der Waals surface area contributed by atoms with Crippen molar-refractivity contribution in [1.82, 2.24) is 10.2 Å². The van der Waals surface area contributed by atoms with E-state index in [1.165, 1.54) is 11.3 Å². The van der Waals surface area contributed by atoms with Crippen LogP contribution in [0.4, 0.5) is 5.69 Å². The smallest absolute Gasteiger partial charge is 0.338 e. The molecule has 7 nitrogen and oxygen atoms in total. The van der Waals surface area contributed by atoms with Gasteiger partial charge in [0.05, 0.1) is 16.1 Å². The van der Waals surface area contributed by atoms with Gasteiger partial charge in [0.1, 0.15) is 0 Å². The minimum atomic E-state index is -0.635. The lowest BCUT2D eigenvalue weighted by Gasteiger charge is -2.14. The lowest BCUT2D eigenvalue weighted by atomic mass is 10.2. The molecule has 0 fully saturated rings. The van der Waals surface area contributed by atoms with Gasteiger partial charge in [-0.2, -0.15) is 5.10 Å². The van der Waals surface area contributed by atoms with Crippen molar-refractivity contribution >= 4 is 28.7 Å². The standard InChI is InChI=1S/C19H18N4O3S/c1-12-9-10-23(22-12)15-7-5-14(6-8-15)19(24)25-13(2)17-20-21-18(26-17)16-4-3-11-27-16/h3-8,11,13H,9-10H2,1-2H3. The van der Waals surface area contributed by atoms with Crippen LogP contribution in [-0.2, 0) is 4.74 Å². The van der Waals surface area contributed by atoms with Crippen LogP contribution in [0, 0.1) is 0 Å². The van der Waals surface area contributed by atoms with Crippen LogP contribution in [0.3, 0.4) is 0 Å². The monoisotopic (exact) mass is 382 g/mol. The van der Waals surface area contributed by atoms with E-state index in [1.54, 1.807) is 19.1 Å². The highest BCUT2D eigenvalue weighted by molar-refractivity contribution is 7.13. The number of thiophene rings is 1. The second-order valence-electron chi connectivity index (χ2n) is 6.23. The predicted octanol–water partition coefficient (Wildman–Crippen LogP) is 4.30. The Morgan fingerprint density at radius 2 is 2.07 bits per heavy atom. The minimum absolute atomic E-state index is 0.269. The minimum Gasteiger partial charge on any atom is -0.449 e. The first kappa shape index (κ1) is 17.4. The lowest BCUT2D eigenvalue weighted by molar-refractivity contribution is 0.0280. The Hall–Kier alpha value is -3.00. The summed E-state index contributed by atoms with van der Waals surface area (Å²) >= 11 is 1.51. The van der Waals surface area contributed by atoms with Crippen LogP contribution >= 0.6 is 11.3 Å². The van der Waals surface area contributed by atoms with Crippen LogP contribution < -0.4 is 5.01 Å². The first-order chi connectivity index (χ1) is 13.1. The summed E-state index contributed by atoms with van der Waals surface area (Å²) in [5, 5.41) is 16.3. The van der Waals surface area contributed by atoms with Crippen molar-refractivity contribution in [3.05, 3.63) is 53.2 Å². The van der Waals surface area contributed by atoms with Crippen molar-refractivity contribution in [1.29, 1.82) is 0 Å². The third-order valence-electron chi connectivity index (χ3n) is 4.18. The molecule has 0 bridgehead atoms. The Balaban J connectivity index is 1.41. The SMILES string of the molecule is CC1=NN(c2ccc(C(=O)OC(C)c3nnc(-c4cccs4)o3)cc2)CC1. The number of hydrogen-bond acceptors (Lipinski definition) is 8. The van der Waals surface area contributed by atoms with Crippen molar-refractivity contribution in [2.75, 3.05) is 11.6 Å². The van der Waals surface area contributed by atoms with Crippen LogP contribution in [0.1, 0.15) is 42.6 Å². The first-order valence-electron chi connectivity index (χ1n) is 8.60. The largest absolute Gasteiger partial charge is 0.449 e. The van der Waals surface area contributed by atoms with Gasteiger partial charge in [-0.15, -0.1) is 21.5 Å². The third-order valence-corrected chi connectivity index (χ3v) is 5.04. The zero-order chi connectivity index (χ0) is 18.8. The molecule has 1 aliphatic heterocycles. The summed E-state index contributed by atoms with van der Waals surface area (Å²) in [6, 6.07) is 11.0. The summed E-state index contributed by atoms with van der Waals surface area (Å²) in [7, 11) is 0. The molecule has 4 rings (SSSR count). The number of rotatable bonds is 5. The molecule has 0 spiro atoms. The van der Waals surface area contributed by atoms with Gasteiger partial charge >= 0.3 is 5.97 Å². The second kappa shape index (κ2) is 7.32. The average Bonchev–Trinajstić information content (AvgIpc) is 3.42. The Morgan fingerprint density at radius 3 is 2.74 bits per heavy atom. The summed E-state index contributed by atoms with van der Waals surface area (Å²) in [4.78, 5) is 13.3. The van der Waals surface area contributed by atoms with Gasteiger partial charge in [-0.05, 0) is 49.6 Å². The molecule has 3 heterocycles. The van der Waals surface area contributed by atoms with Crippen molar-refractivity contribution in [3.8, 4) is 10.8 Å². The van der Waals surface area contributed by atoms with E-state index in [4.69, 9.17) is 9.15 Å². The average molecular weight is 382 g/mol. The Labute approximate surface area is 160 Å². The van der Waals surface area contributed by atoms with Gasteiger partial charge in [0.15, 0.2) is 6.10 Å². The molecule has 0 N–H and O–H groups in total. The van der Waals surface area contributed by atoms with E-state index in [0.717, 1.165) is 29.2 Å². The molecule has 1 unspecified atom stereocenters. The second-order valence-corrected chi connectivity index (χ2v) is 7.17. The summed E-state index contributed by atoms with van der Waals surface area (Å²) in [6.45, 7) is 4.57. The molecular weight excluding hydrogens is 364 g/mol. The number of carbonyl (C=O) groups excluding carboxylic acids is 1. The van der Waals surface area contributed by atoms with Gasteiger partial charge in [0, 0.05) is 18.7 Å². The quantitative estimate of drug-likeness (QED) is 0.612. The maximum Gasteiger partial charge on any atom is 0.338 e. The molecule has 2 aromatic heterocycles. The van der Waals surface area contributed by atoms with Crippen molar-refractivity contribution in [2.45, 2.75) is 26.4 Å². The number of aromatic nitrogens is 2. The van der Waals surface area contributed by atoms with E-state index >= 15 is 0 Å². The van der Waals surface area contributed by atoms with Crippen LogP contribution in [0.15, 0.2) is 51.3 Å². The molecule has 0 radical (unpaired) electrons. The topological polar surface area (TPSA) is 80.8 Å².